The van der Waals surface area contributed by atoms with Gasteiger partial charge in [-0.1, -0.05) is 74.6 Å². The van der Waals surface area contributed by atoms with E-state index in [2.05, 4.69) is 76.5 Å². The highest BCUT2D eigenvalue weighted by molar-refractivity contribution is 5.82. The molecule has 1 N–H and O–H groups in total. The maximum atomic E-state index is 13.3. The van der Waals surface area contributed by atoms with Gasteiger partial charge in [0.2, 0.25) is 0 Å². The van der Waals surface area contributed by atoms with Crippen LogP contribution in [0.5, 0.6) is 0 Å². The molecule has 1 unspecified atom stereocenters. The second-order valence-electron chi connectivity index (χ2n) is 10.6. The highest BCUT2D eigenvalue weighted by Crippen LogP contribution is 2.34. The summed E-state index contributed by atoms with van der Waals surface area (Å²) in [6, 6.07) is 17.2. The molecule has 1 fully saturated rings. The van der Waals surface area contributed by atoms with Crippen LogP contribution in [0.4, 0.5) is 0 Å². The lowest BCUT2D eigenvalue weighted by Gasteiger charge is -2.39. The Labute approximate surface area is 218 Å². The molecule has 0 aliphatic heterocycles. The van der Waals surface area contributed by atoms with Gasteiger partial charge in [0, 0.05) is 18.2 Å². The zero-order chi connectivity index (χ0) is 25.8. The van der Waals surface area contributed by atoms with Crippen molar-refractivity contribution in [3.8, 4) is 0 Å². The van der Waals surface area contributed by atoms with Gasteiger partial charge in [-0.3, -0.25) is 9.69 Å². The number of aryl methyl sites for hydroxylation is 2. The first-order valence-electron chi connectivity index (χ1n) is 13.7. The molecule has 1 atom stereocenters. The second-order valence-corrected chi connectivity index (χ2v) is 10.6. The lowest BCUT2D eigenvalue weighted by Crippen LogP contribution is -2.41. The van der Waals surface area contributed by atoms with E-state index in [4.69, 9.17) is 0 Å². The molecule has 1 aliphatic carbocycles. The molecule has 7 nitrogen and oxygen atoms in total. The average molecular weight is 499 g/mol. The van der Waals surface area contributed by atoms with Crippen LogP contribution in [0.15, 0.2) is 53.3 Å². The van der Waals surface area contributed by atoms with E-state index in [0.717, 1.165) is 53.5 Å². The molecule has 194 valence electrons. The molecule has 7 heteroatoms. The minimum Gasteiger partial charge on any atom is -0.321 e. The van der Waals surface area contributed by atoms with Crippen molar-refractivity contribution < 1.29 is 0 Å². The Morgan fingerprint density at radius 1 is 1.08 bits per heavy atom. The predicted octanol–water partition coefficient (Wildman–Crippen LogP) is 5.86. The summed E-state index contributed by atoms with van der Waals surface area (Å²) in [6.07, 6.45) is 7.97. The van der Waals surface area contributed by atoms with Gasteiger partial charge in [-0.2, -0.15) is 0 Å². The number of benzene rings is 2. The van der Waals surface area contributed by atoms with E-state index in [1.807, 2.05) is 22.9 Å². The summed E-state index contributed by atoms with van der Waals surface area (Å²) in [5.41, 5.74) is 5.22. The zero-order valence-electron chi connectivity index (χ0n) is 22.3. The average Bonchev–Trinajstić information content (AvgIpc) is 3.35. The minimum absolute atomic E-state index is 0.000566. The first-order chi connectivity index (χ1) is 18.0. The third-order valence-corrected chi connectivity index (χ3v) is 7.76. The van der Waals surface area contributed by atoms with Crippen LogP contribution in [0.1, 0.15) is 86.0 Å². The topological polar surface area (TPSA) is 79.7 Å². The second kappa shape index (κ2) is 11.4. The molecule has 0 amide bonds. The molecule has 37 heavy (non-hydrogen) atoms. The zero-order valence-corrected chi connectivity index (χ0v) is 22.3. The molecule has 1 saturated carbocycles. The van der Waals surface area contributed by atoms with Crippen molar-refractivity contribution in [3.05, 3.63) is 87.0 Å². The predicted molar refractivity (Wildman–Crippen MR) is 147 cm³/mol. The number of fused-ring (bicyclic) bond motifs is 1. The van der Waals surface area contributed by atoms with Gasteiger partial charge in [-0.25, -0.2) is 4.68 Å². The monoisotopic (exact) mass is 498 g/mol. The lowest BCUT2D eigenvalue weighted by atomic mass is 9.91. The van der Waals surface area contributed by atoms with E-state index in [-0.39, 0.29) is 11.6 Å². The van der Waals surface area contributed by atoms with Gasteiger partial charge in [0.05, 0.1) is 18.1 Å². The first-order valence-corrected chi connectivity index (χ1v) is 13.7. The van der Waals surface area contributed by atoms with Gasteiger partial charge < -0.3 is 4.98 Å². The van der Waals surface area contributed by atoms with Crippen LogP contribution in [0, 0.1) is 13.8 Å². The molecule has 2 heterocycles. The van der Waals surface area contributed by atoms with E-state index in [0.29, 0.717) is 19.1 Å². The number of aromatic nitrogens is 5. The van der Waals surface area contributed by atoms with Crippen LogP contribution in [0.25, 0.3) is 10.9 Å². The molecule has 0 spiro atoms. The Hall–Kier alpha value is -3.32. The van der Waals surface area contributed by atoms with E-state index < -0.39 is 0 Å². The smallest absolute Gasteiger partial charge is 0.252 e. The number of nitrogens with zero attached hydrogens (tertiary/aromatic N) is 5. The summed E-state index contributed by atoms with van der Waals surface area (Å²) < 4.78 is 1.95. The van der Waals surface area contributed by atoms with Crippen molar-refractivity contribution in [2.24, 2.45) is 0 Å². The lowest BCUT2D eigenvalue weighted by molar-refractivity contribution is 0.0812. The maximum absolute atomic E-state index is 13.3. The van der Waals surface area contributed by atoms with E-state index in [9.17, 15) is 4.79 Å². The van der Waals surface area contributed by atoms with Crippen LogP contribution in [0.2, 0.25) is 0 Å². The molecule has 5 rings (SSSR count). The van der Waals surface area contributed by atoms with E-state index in [1.54, 1.807) is 0 Å². The SMILES string of the molecule is CCCC(c1nnnn1Cc1ccccc1)N(Cc1cc2cc(C)cc(C)c2[nH]c1=O)C1CCCCC1. The summed E-state index contributed by atoms with van der Waals surface area (Å²) in [5, 5.41) is 14.1. The number of nitrogens with one attached hydrogen (secondary N) is 1. The fourth-order valence-electron chi connectivity index (χ4n) is 5.99. The number of rotatable bonds is 9. The molecule has 0 bridgehead atoms. The number of pyridine rings is 1. The molecule has 0 radical (unpaired) electrons. The van der Waals surface area contributed by atoms with Gasteiger partial charge in [0.1, 0.15) is 0 Å². The quantitative estimate of drug-likeness (QED) is 0.313. The largest absolute Gasteiger partial charge is 0.321 e. The summed E-state index contributed by atoms with van der Waals surface area (Å²) in [4.78, 5) is 19.1. The Morgan fingerprint density at radius 3 is 2.62 bits per heavy atom. The molecule has 0 saturated heterocycles. The third-order valence-electron chi connectivity index (χ3n) is 7.76. The van der Waals surface area contributed by atoms with Crippen LogP contribution in [-0.4, -0.2) is 36.1 Å². The van der Waals surface area contributed by atoms with E-state index >= 15 is 0 Å². The Balaban J connectivity index is 1.54. The highest BCUT2D eigenvalue weighted by Gasteiger charge is 2.32. The standard InChI is InChI=1S/C30H38N6O/c1-4-11-27(29-32-33-34-36(29)19-23-12-7-5-8-13-23)35(26-14-9-6-10-15-26)20-25-18-24-17-21(2)16-22(3)28(24)31-30(25)37/h5,7-8,12-13,16-18,26-27H,4,6,9-11,14-15,19-20H2,1-3H3,(H,31,37). The fourth-order valence-corrected chi connectivity index (χ4v) is 5.99. The number of hydrogen-bond acceptors (Lipinski definition) is 5. The molecular formula is C30H38N6O. The van der Waals surface area contributed by atoms with Crippen LogP contribution in [0.3, 0.4) is 0 Å². The van der Waals surface area contributed by atoms with Crippen LogP contribution < -0.4 is 5.56 Å². The molecule has 1 aliphatic rings. The third kappa shape index (κ3) is 5.67. The van der Waals surface area contributed by atoms with Crippen molar-refractivity contribution in [1.29, 1.82) is 0 Å². The van der Waals surface area contributed by atoms with Gasteiger partial charge in [-0.05, 0) is 72.2 Å². The Bertz CT molecular complexity index is 1390. The number of H-pyrrole nitrogens is 1. The summed E-state index contributed by atoms with van der Waals surface area (Å²) in [5.74, 6) is 0.889. The molecule has 4 aromatic rings. The normalized spacial score (nSPS) is 15.5. The van der Waals surface area contributed by atoms with Crippen molar-refractivity contribution in [3.63, 3.8) is 0 Å². The summed E-state index contributed by atoms with van der Waals surface area (Å²) in [7, 11) is 0. The molecule has 2 aromatic heterocycles. The first kappa shape index (κ1) is 25.3. The van der Waals surface area contributed by atoms with Crippen LogP contribution in [-0.2, 0) is 13.1 Å². The molecule has 2 aromatic carbocycles. The minimum atomic E-state index is -0.000566. The van der Waals surface area contributed by atoms with Crippen LogP contribution >= 0.6 is 0 Å². The van der Waals surface area contributed by atoms with Gasteiger partial charge in [0.15, 0.2) is 5.82 Å². The van der Waals surface area contributed by atoms with Gasteiger partial charge in [-0.15, -0.1) is 5.10 Å². The van der Waals surface area contributed by atoms with Crippen molar-refractivity contribution in [2.75, 3.05) is 0 Å². The Kier molecular flexibility index (Phi) is 7.79. The number of aromatic amines is 1. The Morgan fingerprint density at radius 2 is 1.86 bits per heavy atom. The summed E-state index contributed by atoms with van der Waals surface area (Å²) >= 11 is 0. The van der Waals surface area contributed by atoms with Gasteiger partial charge >= 0.3 is 0 Å². The van der Waals surface area contributed by atoms with E-state index in [1.165, 1.54) is 30.4 Å². The number of tetrazole rings is 1. The van der Waals surface area contributed by atoms with Crippen molar-refractivity contribution in [1.82, 2.24) is 30.1 Å². The number of hydrogen-bond donors (Lipinski definition) is 1. The molecular weight excluding hydrogens is 460 g/mol. The summed E-state index contributed by atoms with van der Waals surface area (Å²) in [6.45, 7) is 7.60. The van der Waals surface area contributed by atoms with Gasteiger partial charge in [0.25, 0.3) is 5.56 Å². The van der Waals surface area contributed by atoms with Crippen molar-refractivity contribution >= 4 is 10.9 Å². The fraction of sp³-hybridized carbons (Fsp3) is 0.467. The van der Waals surface area contributed by atoms with Crippen molar-refractivity contribution in [2.45, 2.75) is 90.9 Å². The highest BCUT2D eigenvalue weighted by atomic mass is 16.1. The maximum Gasteiger partial charge on any atom is 0.252 e.